The summed E-state index contributed by atoms with van der Waals surface area (Å²) in [5, 5.41) is 3.46. The summed E-state index contributed by atoms with van der Waals surface area (Å²) in [5.41, 5.74) is 0. The van der Waals surface area contributed by atoms with Crippen LogP contribution >= 0.6 is 11.8 Å². The van der Waals surface area contributed by atoms with Crippen molar-refractivity contribution in [2.75, 3.05) is 20.1 Å². The summed E-state index contributed by atoms with van der Waals surface area (Å²) in [6.45, 7) is 0. The summed E-state index contributed by atoms with van der Waals surface area (Å²) < 4.78 is 10.5. The maximum Gasteiger partial charge on any atom is 0.136 e. The summed E-state index contributed by atoms with van der Waals surface area (Å²) in [6, 6.07) is 6.66. The molecule has 2 rings (SSSR count). The number of benzene rings is 1. The van der Waals surface area contributed by atoms with Gasteiger partial charge in [0.25, 0.3) is 0 Å². The van der Waals surface area contributed by atoms with Crippen LogP contribution in [0.2, 0.25) is 0 Å². The van der Waals surface area contributed by atoms with Gasteiger partial charge in [0, 0.05) is 18.0 Å². The number of ether oxygens (including phenoxy) is 2. The highest BCUT2D eigenvalue weighted by Crippen LogP contribution is 2.32. The van der Waals surface area contributed by atoms with E-state index in [1.807, 2.05) is 18.2 Å². The monoisotopic (exact) mass is 239 g/mol. The molecule has 0 radical (unpaired) electrons. The molecular weight excluding hydrogens is 222 g/mol. The quantitative estimate of drug-likeness (QED) is 0.610. The minimum atomic E-state index is 0.747. The van der Waals surface area contributed by atoms with Crippen LogP contribution < -0.4 is 14.8 Å². The summed E-state index contributed by atoms with van der Waals surface area (Å²) in [5.74, 6) is 2.64. The normalized spacial score (nSPS) is 14.9. The second kappa shape index (κ2) is 5.46. The van der Waals surface area contributed by atoms with E-state index in [9.17, 15) is 0 Å². The van der Waals surface area contributed by atoms with Gasteiger partial charge in [-0.25, -0.2) is 0 Å². The van der Waals surface area contributed by atoms with E-state index in [1.54, 1.807) is 26.0 Å². The Labute approximate surface area is 101 Å². The number of thioether (sulfide) groups is 1. The molecule has 1 aliphatic rings. The molecule has 1 aromatic rings. The third kappa shape index (κ3) is 3.06. The second-order valence-electron chi connectivity index (χ2n) is 3.78. The van der Waals surface area contributed by atoms with Crippen molar-refractivity contribution in [3.05, 3.63) is 18.2 Å². The van der Waals surface area contributed by atoms with Crippen LogP contribution in [-0.4, -0.2) is 26.1 Å². The Morgan fingerprint density at radius 3 is 2.75 bits per heavy atom. The molecule has 1 fully saturated rings. The summed E-state index contributed by atoms with van der Waals surface area (Å²) in [7, 11) is 3.35. The molecule has 88 valence electrons. The average Bonchev–Trinajstić information content (AvgIpc) is 3.13. The van der Waals surface area contributed by atoms with E-state index in [2.05, 4.69) is 5.32 Å². The van der Waals surface area contributed by atoms with Crippen molar-refractivity contribution in [3.63, 3.8) is 0 Å². The SMILES string of the molecule is COc1ccc(SCNC2CC2)c(OC)c1. The van der Waals surface area contributed by atoms with Crippen LogP contribution in [-0.2, 0) is 0 Å². The fourth-order valence-corrected chi connectivity index (χ4v) is 2.34. The maximum absolute atomic E-state index is 5.33. The molecule has 0 unspecified atom stereocenters. The predicted molar refractivity (Wildman–Crippen MR) is 66.4 cm³/mol. The van der Waals surface area contributed by atoms with Crippen molar-refractivity contribution in [3.8, 4) is 11.5 Å². The van der Waals surface area contributed by atoms with Crippen molar-refractivity contribution >= 4 is 11.8 Å². The molecule has 1 N–H and O–H groups in total. The molecule has 0 bridgehead atoms. The Morgan fingerprint density at radius 1 is 1.31 bits per heavy atom. The average molecular weight is 239 g/mol. The minimum Gasteiger partial charge on any atom is -0.497 e. The third-order valence-corrected chi connectivity index (χ3v) is 3.51. The maximum atomic E-state index is 5.33. The molecule has 0 aromatic heterocycles. The van der Waals surface area contributed by atoms with Crippen LogP contribution in [0.3, 0.4) is 0 Å². The lowest BCUT2D eigenvalue weighted by Crippen LogP contribution is -2.14. The van der Waals surface area contributed by atoms with E-state index in [0.29, 0.717) is 0 Å². The highest BCUT2D eigenvalue weighted by molar-refractivity contribution is 7.99. The number of hydrogen-bond acceptors (Lipinski definition) is 4. The highest BCUT2D eigenvalue weighted by Gasteiger charge is 2.20. The van der Waals surface area contributed by atoms with Gasteiger partial charge >= 0.3 is 0 Å². The predicted octanol–water partition coefficient (Wildman–Crippen LogP) is 2.51. The molecule has 1 aliphatic carbocycles. The van der Waals surface area contributed by atoms with E-state index >= 15 is 0 Å². The topological polar surface area (TPSA) is 30.5 Å². The zero-order chi connectivity index (χ0) is 11.4. The van der Waals surface area contributed by atoms with Gasteiger partial charge in [0.1, 0.15) is 11.5 Å². The molecule has 1 aromatic carbocycles. The molecule has 1 saturated carbocycles. The summed E-state index contributed by atoms with van der Waals surface area (Å²) >= 11 is 1.77. The van der Waals surface area contributed by atoms with Crippen molar-refractivity contribution in [1.82, 2.24) is 5.32 Å². The highest BCUT2D eigenvalue weighted by atomic mass is 32.2. The van der Waals surface area contributed by atoms with Crippen molar-refractivity contribution in [1.29, 1.82) is 0 Å². The number of nitrogens with one attached hydrogen (secondary N) is 1. The van der Waals surface area contributed by atoms with Crippen LogP contribution in [0.1, 0.15) is 12.8 Å². The molecule has 0 aliphatic heterocycles. The molecule has 4 heteroatoms. The number of methoxy groups -OCH3 is 2. The van der Waals surface area contributed by atoms with E-state index in [1.165, 1.54) is 12.8 Å². The van der Waals surface area contributed by atoms with E-state index in [4.69, 9.17) is 9.47 Å². The molecule has 16 heavy (non-hydrogen) atoms. The lowest BCUT2D eigenvalue weighted by molar-refractivity contribution is 0.387. The van der Waals surface area contributed by atoms with Crippen LogP contribution in [0.25, 0.3) is 0 Å². The van der Waals surface area contributed by atoms with Gasteiger partial charge in [-0.3, -0.25) is 0 Å². The van der Waals surface area contributed by atoms with E-state index < -0.39 is 0 Å². The van der Waals surface area contributed by atoms with Gasteiger partial charge in [-0.1, -0.05) is 0 Å². The number of hydrogen-bond donors (Lipinski definition) is 1. The number of rotatable bonds is 6. The van der Waals surface area contributed by atoms with Gasteiger partial charge in [-0.05, 0) is 25.0 Å². The molecular formula is C12H17NO2S. The molecule has 0 saturated heterocycles. The molecule has 0 heterocycles. The zero-order valence-electron chi connectivity index (χ0n) is 9.66. The summed E-state index contributed by atoms with van der Waals surface area (Å²) in [6.07, 6.45) is 2.64. The first-order valence-electron chi connectivity index (χ1n) is 5.41. The molecule has 3 nitrogen and oxygen atoms in total. The standard InChI is InChI=1S/C12H17NO2S/c1-14-10-5-6-12(11(7-10)15-2)16-8-13-9-3-4-9/h5-7,9,13H,3-4,8H2,1-2H3. The molecule has 0 spiro atoms. The van der Waals surface area contributed by atoms with Crippen LogP contribution in [0.4, 0.5) is 0 Å². The van der Waals surface area contributed by atoms with Crippen molar-refractivity contribution in [2.24, 2.45) is 0 Å². The van der Waals surface area contributed by atoms with Crippen LogP contribution in [0, 0.1) is 0 Å². The van der Waals surface area contributed by atoms with Gasteiger partial charge in [0.15, 0.2) is 0 Å². The zero-order valence-corrected chi connectivity index (χ0v) is 10.5. The lowest BCUT2D eigenvalue weighted by atomic mass is 10.3. The van der Waals surface area contributed by atoms with Gasteiger partial charge in [0.05, 0.1) is 19.1 Å². The van der Waals surface area contributed by atoms with Crippen LogP contribution in [0.15, 0.2) is 23.1 Å². The Hall–Kier alpha value is -0.870. The summed E-state index contributed by atoms with van der Waals surface area (Å²) in [4.78, 5) is 1.15. The van der Waals surface area contributed by atoms with E-state index in [-0.39, 0.29) is 0 Å². The lowest BCUT2D eigenvalue weighted by Gasteiger charge is -2.10. The smallest absolute Gasteiger partial charge is 0.136 e. The Balaban J connectivity index is 1.94. The Morgan fingerprint density at radius 2 is 2.12 bits per heavy atom. The Kier molecular flexibility index (Phi) is 3.96. The van der Waals surface area contributed by atoms with Crippen molar-refractivity contribution in [2.45, 2.75) is 23.8 Å². The van der Waals surface area contributed by atoms with Gasteiger partial charge < -0.3 is 14.8 Å². The van der Waals surface area contributed by atoms with Gasteiger partial charge in [-0.15, -0.1) is 11.8 Å². The molecule has 0 atom stereocenters. The first-order valence-corrected chi connectivity index (χ1v) is 6.40. The van der Waals surface area contributed by atoms with Crippen molar-refractivity contribution < 1.29 is 9.47 Å². The minimum absolute atomic E-state index is 0.747. The van der Waals surface area contributed by atoms with Gasteiger partial charge in [0.2, 0.25) is 0 Å². The second-order valence-corrected chi connectivity index (χ2v) is 4.80. The first-order chi connectivity index (χ1) is 7.83. The molecule has 0 amide bonds. The van der Waals surface area contributed by atoms with E-state index in [0.717, 1.165) is 28.3 Å². The third-order valence-electron chi connectivity index (χ3n) is 2.55. The van der Waals surface area contributed by atoms with Gasteiger partial charge in [-0.2, -0.15) is 0 Å². The Bertz CT molecular complexity index is 353. The first kappa shape index (κ1) is 11.6. The fraction of sp³-hybridized carbons (Fsp3) is 0.500. The van der Waals surface area contributed by atoms with Crippen LogP contribution in [0.5, 0.6) is 11.5 Å². The largest absolute Gasteiger partial charge is 0.497 e. The fourth-order valence-electron chi connectivity index (χ4n) is 1.42.